The van der Waals surface area contributed by atoms with E-state index < -0.39 is 12.2 Å². The average molecular weight is 146 g/mol. The molecule has 1 heterocycles. The van der Waals surface area contributed by atoms with Crippen molar-refractivity contribution in [2.45, 2.75) is 44.7 Å². The van der Waals surface area contributed by atoms with Gasteiger partial charge in [-0.2, -0.15) is 0 Å². The summed E-state index contributed by atoms with van der Waals surface area (Å²) in [6, 6.07) is 0. The van der Waals surface area contributed by atoms with E-state index in [2.05, 4.69) is 0 Å². The minimum Gasteiger partial charge on any atom is -0.388 e. The number of hydrogen-bond acceptors (Lipinski definition) is 3. The summed E-state index contributed by atoms with van der Waals surface area (Å²) in [6.45, 7) is 3.70. The van der Waals surface area contributed by atoms with E-state index in [0.29, 0.717) is 0 Å². The maximum Gasteiger partial charge on any atom is 0.108 e. The lowest BCUT2D eigenvalue weighted by Gasteiger charge is -2.10. The van der Waals surface area contributed by atoms with Crippen LogP contribution in [0.2, 0.25) is 0 Å². The van der Waals surface area contributed by atoms with E-state index in [1.165, 1.54) is 0 Å². The molecule has 0 aliphatic carbocycles. The van der Waals surface area contributed by atoms with Gasteiger partial charge in [-0.25, -0.2) is 0 Å². The minimum atomic E-state index is -0.704. The summed E-state index contributed by atoms with van der Waals surface area (Å²) >= 11 is 0. The Morgan fingerprint density at radius 3 is 2.10 bits per heavy atom. The van der Waals surface area contributed by atoms with E-state index in [4.69, 9.17) is 4.74 Å². The smallest absolute Gasteiger partial charge is 0.108 e. The lowest BCUT2D eigenvalue weighted by Crippen LogP contribution is -2.31. The van der Waals surface area contributed by atoms with Gasteiger partial charge in [-0.05, 0) is 13.3 Å². The normalized spacial score (nSPS) is 48.0. The number of hydrogen-bond donors (Lipinski definition) is 2. The highest BCUT2D eigenvalue weighted by molar-refractivity contribution is 4.87. The van der Waals surface area contributed by atoms with E-state index in [1.807, 2.05) is 6.92 Å². The second-order valence-electron chi connectivity index (χ2n) is 2.77. The average Bonchev–Trinajstić information content (AvgIpc) is 2.17. The fourth-order valence-corrected chi connectivity index (χ4v) is 1.27. The Morgan fingerprint density at radius 1 is 1.30 bits per heavy atom. The van der Waals surface area contributed by atoms with E-state index in [1.54, 1.807) is 6.92 Å². The molecule has 1 aliphatic heterocycles. The summed E-state index contributed by atoms with van der Waals surface area (Å²) in [7, 11) is 0. The van der Waals surface area contributed by atoms with Crippen LogP contribution in [-0.4, -0.2) is 34.6 Å². The van der Waals surface area contributed by atoms with Crippen LogP contribution in [0.5, 0.6) is 0 Å². The van der Waals surface area contributed by atoms with Crippen molar-refractivity contribution in [2.24, 2.45) is 0 Å². The molecular formula is C7H14O3. The molecule has 1 fully saturated rings. The first kappa shape index (κ1) is 7.98. The lowest BCUT2D eigenvalue weighted by molar-refractivity contribution is 0.0144. The maximum atomic E-state index is 9.25. The van der Waals surface area contributed by atoms with Crippen molar-refractivity contribution in [3.05, 3.63) is 0 Å². The van der Waals surface area contributed by atoms with Crippen molar-refractivity contribution in [1.82, 2.24) is 0 Å². The molecule has 10 heavy (non-hydrogen) atoms. The number of aliphatic hydroxyl groups excluding tert-OH is 2. The van der Waals surface area contributed by atoms with Gasteiger partial charge in [0.25, 0.3) is 0 Å². The van der Waals surface area contributed by atoms with Crippen molar-refractivity contribution in [3.63, 3.8) is 0 Å². The quantitative estimate of drug-likeness (QED) is 0.543. The second kappa shape index (κ2) is 2.86. The van der Waals surface area contributed by atoms with Crippen LogP contribution in [0.1, 0.15) is 20.3 Å². The third-order valence-electron chi connectivity index (χ3n) is 2.00. The Hall–Kier alpha value is -0.120. The molecule has 0 aromatic heterocycles. The fourth-order valence-electron chi connectivity index (χ4n) is 1.27. The molecule has 2 N–H and O–H groups in total. The molecule has 0 radical (unpaired) electrons. The zero-order valence-electron chi connectivity index (χ0n) is 6.32. The molecule has 0 amide bonds. The Balaban J connectivity index is 2.53. The van der Waals surface area contributed by atoms with Crippen LogP contribution >= 0.6 is 0 Å². The first-order valence-corrected chi connectivity index (χ1v) is 3.68. The summed E-state index contributed by atoms with van der Waals surface area (Å²) in [5.41, 5.74) is 0. The maximum absolute atomic E-state index is 9.25. The summed E-state index contributed by atoms with van der Waals surface area (Å²) in [5.74, 6) is 0. The highest BCUT2D eigenvalue weighted by atomic mass is 16.5. The van der Waals surface area contributed by atoms with E-state index >= 15 is 0 Å². The van der Waals surface area contributed by atoms with Crippen LogP contribution in [0.4, 0.5) is 0 Å². The van der Waals surface area contributed by atoms with Crippen molar-refractivity contribution < 1.29 is 14.9 Å². The molecule has 0 bridgehead atoms. The van der Waals surface area contributed by atoms with Crippen molar-refractivity contribution in [2.75, 3.05) is 0 Å². The third kappa shape index (κ3) is 1.17. The number of aliphatic hydroxyl groups is 2. The van der Waals surface area contributed by atoms with Crippen LogP contribution in [0.3, 0.4) is 0 Å². The largest absolute Gasteiger partial charge is 0.388 e. The Kier molecular flexibility index (Phi) is 2.28. The standard InChI is InChI=1S/C7H14O3/c1-3-5-7(9)6(8)4(2)10-5/h4-9H,3H2,1-2H3/t4-,5+,6-,7+/m1/s1. The molecule has 0 aromatic carbocycles. The van der Waals surface area contributed by atoms with Crippen LogP contribution in [0.25, 0.3) is 0 Å². The first-order valence-electron chi connectivity index (χ1n) is 3.68. The Morgan fingerprint density at radius 2 is 1.90 bits per heavy atom. The Labute approximate surface area is 60.6 Å². The van der Waals surface area contributed by atoms with Crippen molar-refractivity contribution >= 4 is 0 Å². The van der Waals surface area contributed by atoms with Crippen LogP contribution in [0.15, 0.2) is 0 Å². The van der Waals surface area contributed by atoms with Gasteiger partial charge in [0, 0.05) is 0 Å². The third-order valence-corrected chi connectivity index (χ3v) is 2.00. The van der Waals surface area contributed by atoms with Gasteiger partial charge < -0.3 is 14.9 Å². The van der Waals surface area contributed by atoms with Crippen molar-refractivity contribution in [1.29, 1.82) is 0 Å². The molecule has 3 nitrogen and oxygen atoms in total. The minimum absolute atomic E-state index is 0.176. The van der Waals surface area contributed by atoms with Gasteiger partial charge in [0.2, 0.25) is 0 Å². The second-order valence-corrected chi connectivity index (χ2v) is 2.77. The predicted octanol–water partition coefficient (Wildman–Crippen LogP) is -0.0945. The molecule has 0 saturated carbocycles. The SMILES string of the molecule is CC[C@@H]1O[C@H](C)[C@@H](O)[C@H]1O. The number of ether oxygens (including phenoxy) is 1. The fraction of sp³-hybridized carbons (Fsp3) is 1.00. The predicted molar refractivity (Wildman–Crippen MR) is 36.6 cm³/mol. The highest BCUT2D eigenvalue weighted by Gasteiger charge is 2.38. The monoisotopic (exact) mass is 146 g/mol. The molecule has 60 valence electrons. The molecular weight excluding hydrogens is 132 g/mol. The summed E-state index contributed by atoms with van der Waals surface area (Å²) < 4.78 is 5.23. The molecule has 0 spiro atoms. The zero-order chi connectivity index (χ0) is 7.72. The summed E-state index contributed by atoms with van der Waals surface area (Å²) in [5, 5.41) is 18.4. The van der Waals surface area contributed by atoms with Gasteiger partial charge >= 0.3 is 0 Å². The van der Waals surface area contributed by atoms with Crippen LogP contribution in [0, 0.1) is 0 Å². The van der Waals surface area contributed by atoms with E-state index in [9.17, 15) is 10.2 Å². The van der Waals surface area contributed by atoms with Gasteiger partial charge in [-0.3, -0.25) is 0 Å². The van der Waals surface area contributed by atoms with E-state index in [0.717, 1.165) is 6.42 Å². The lowest BCUT2D eigenvalue weighted by atomic mass is 10.1. The first-order chi connectivity index (χ1) is 4.66. The van der Waals surface area contributed by atoms with E-state index in [-0.39, 0.29) is 12.2 Å². The topological polar surface area (TPSA) is 49.7 Å². The molecule has 1 saturated heterocycles. The van der Waals surface area contributed by atoms with Gasteiger partial charge in [-0.15, -0.1) is 0 Å². The van der Waals surface area contributed by atoms with Crippen molar-refractivity contribution in [3.8, 4) is 0 Å². The van der Waals surface area contributed by atoms with Gasteiger partial charge in [-0.1, -0.05) is 6.92 Å². The van der Waals surface area contributed by atoms with Crippen LogP contribution < -0.4 is 0 Å². The van der Waals surface area contributed by atoms with Crippen LogP contribution in [-0.2, 0) is 4.74 Å². The molecule has 4 atom stereocenters. The van der Waals surface area contributed by atoms with Gasteiger partial charge in [0.05, 0.1) is 12.2 Å². The zero-order valence-corrected chi connectivity index (χ0v) is 6.32. The molecule has 3 heteroatoms. The Bertz CT molecular complexity index is 115. The summed E-state index contributed by atoms with van der Waals surface area (Å²) in [6.07, 6.45) is -1.04. The number of rotatable bonds is 1. The molecule has 1 rings (SSSR count). The molecule has 1 aliphatic rings. The molecule has 0 unspecified atom stereocenters. The highest BCUT2D eigenvalue weighted by Crippen LogP contribution is 2.22. The molecule has 0 aromatic rings. The van der Waals surface area contributed by atoms with Gasteiger partial charge in [0.1, 0.15) is 12.2 Å². The summed E-state index contributed by atoms with van der Waals surface area (Å²) in [4.78, 5) is 0. The van der Waals surface area contributed by atoms with Gasteiger partial charge in [0.15, 0.2) is 0 Å².